The predicted molar refractivity (Wildman–Crippen MR) is 112 cm³/mol. The summed E-state index contributed by atoms with van der Waals surface area (Å²) >= 11 is 0. The maximum Gasteiger partial charge on any atom is 0.257 e. The number of rotatable bonds is 5. The van der Waals surface area contributed by atoms with Crippen LogP contribution in [0.1, 0.15) is 42.1 Å². The van der Waals surface area contributed by atoms with E-state index in [0.717, 1.165) is 17.7 Å². The highest BCUT2D eigenvalue weighted by atomic mass is 16.3. The number of benzene rings is 1. The van der Waals surface area contributed by atoms with E-state index in [4.69, 9.17) is 4.42 Å². The Morgan fingerprint density at radius 2 is 1.93 bits per heavy atom. The highest BCUT2D eigenvalue weighted by Crippen LogP contribution is 2.29. The molecule has 1 N–H and O–H groups in total. The molecule has 0 unspecified atom stereocenters. The van der Waals surface area contributed by atoms with Crippen molar-refractivity contribution in [2.75, 3.05) is 24.5 Å². The molecule has 0 spiro atoms. The normalized spacial score (nSPS) is 19.9. The number of carbonyl (C=O) groups is 3. The first-order valence-corrected chi connectivity index (χ1v) is 10.6. The highest BCUT2D eigenvalue weighted by molar-refractivity contribution is 6.01. The van der Waals surface area contributed by atoms with Gasteiger partial charge in [-0.1, -0.05) is 25.1 Å². The van der Waals surface area contributed by atoms with Crippen LogP contribution in [0.5, 0.6) is 0 Å². The lowest BCUT2D eigenvalue weighted by molar-refractivity contribution is -0.127. The van der Waals surface area contributed by atoms with Crippen LogP contribution < -0.4 is 10.2 Å². The van der Waals surface area contributed by atoms with E-state index in [1.165, 1.54) is 12.5 Å². The summed E-state index contributed by atoms with van der Waals surface area (Å²) in [7, 11) is 0. The molecule has 2 fully saturated rings. The molecular formula is C23H27N3O4. The summed E-state index contributed by atoms with van der Waals surface area (Å²) in [4.78, 5) is 41.3. The highest BCUT2D eigenvalue weighted by Gasteiger charge is 2.37. The zero-order valence-corrected chi connectivity index (χ0v) is 17.2. The molecule has 2 aliphatic heterocycles. The number of amides is 3. The molecule has 2 aromatic rings. The summed E-state index contributed by atoms with van der Waals surface area (Å²) in [5.41, 5.74) is 2.57. The second kappa shape index (κ2) is 8.73. The first kappa shape index (κ1) is 20.2. The molecule has 7 heteroatoms. The minimum Gasteiger partial charge on any atom is -0.472 e. The van der Waals surface area contributed by atoms with E-state index in [1.807, 2.05) is 24.3 Å². The summed E-state index contributed by atoms with van der Waals surface area (Å²) in [5.74, 6) is -0.454. The largest absolute Gasteiger partial charge is 0.472 e. The molecule has 0 saturated carbocycles. The number of piperidine rings is 1. The zero-order valence-electron chi connectivity index (χ0n) is 17.2. The molecule has 1 aromatic heterocycles. The van der Waals surface area contributed by atoms with E-state index in [-0.39, 0.29) is 36.1 Å². The third kappa shape index (κ3) is 4.10. The molecule has 2 saturated heterocycles. The van der Waals surface area contributed by atoms with Gasteiger partial charge in [-0.3, -0.25) is 14.4 Å². The monoisotopic (exact) mass is 409 g/mol. The lowest BCUT2D eigenvalue weighted by Gasteiger charge is -2.32. The predicted octanol–water partition coefficient (Wildman–Crippen LogP) is 2.62. The first-order chi connectivity index (χ1) is 14.6. The maximum absolute atomic E-state index is 12.8. The second-order valence-electron chi connectivity index (χ2n) is 7.97. The van der Waals surface area contributed by atoms with Gasteiger partial charge in [-0.15, -0.1) is 0 Å². The molecule has 1 aromatic carbocycles. The number of anilines is 1. The van der Waals surface area contributed by atoms with Crippen LogP contribution in [0.4, 0.5) is 5.69 Å². The summed E-state index contributed by atoms with van der Waals surface area (Å²) in [6, 6.07) is 9.55. The molecule has 30 heavy (non-hydrogen) atoms. The van der Waals surface area contributed by atoms with E-state index < -0.39 is 0 Å². The third-order valence-electron chi connectivity index (χ3n) is 6.06. The Balaban J connectivity index is 1.31. The quantitative estimate of drug-likeness (QED) is 0.823. The zero-order chi connectivity index (χ0) is 21.1. The van der Waals surface area contributed by atoms with Gasteiger partial charge >= 0.3 is 0 Å². The van der Waals surface area contributed by atoms with Crippen molar-refractivity contribution in [3.8, 4) is 0 Å². The number of para-hydroxylation sites is 1. The molecule has 7 nitrogen and oxygen atoms in total. The SMILES string of the molecule is CCc1ccccc1N1C[C@H](C(=O)NC2CCN(C(=O)c3ccoc3)CC2)CC1=O. The number of furan rings is 1. The van der Waals surface area contributed by atoms with Gasteiger partial charge in [0, 0.05) is 37.8 Å². The van der Waals surface area contributed by atoms with Crippen molar-refractivity contribution in [2.45, 2.75) is 38.6 Å². The second-order valence-corrected chi connectivity index (χ2v) is 7.97. The van der Waals surface area contributed by atoms with Gasteiger partial charge in [0.05, 0.1) is 17.7 Å². The smallest absolute Gasteiger partial charge is 0.257 e. The van der Waals surface area contributed by atoms with E-state index in [0.29, 0.717) is 38.0 Å². The number of aryl methyl sites for hydroxylation is 1. The van der Waals surface area contributed by atoms with Crippen LogP contribution in [0.15, 0.2) is 47.3 Å². The van der Waals surface area contributed by atoms with Crippen molar-refractivity contribution in [1.82, 2.24) is 10.2 Å². The van der Waals surface area contributed by atoms with Crippen LogP contribution in [-0.2, 0) is 16.0 Å². The van der Waals surface area contributed by atoms with Gasteiger partial charge < -0.3 is 19.5 Å². The van der Waals surface area contributed by atoms with E-state index in [9.17, 15) is 14.4 Å². The molecule has 2 aliphatic rings. The van der Waals surface area contributed by atoms with Crippen molar-refractivity contribution in [3.63, 3.8) is 0 Å². The lowest BCUT2D eigenvalue weighted by atomic mass is 10.0. The average molecular weight is 409 g/mol. The van der Waals surface area contributed by atoms with Gasteiger partial charge in [-0.2, -0.15) is 0 Å². The van der Waals surface area contributed by atoms with Crippen LogP contribution in [0.3, 0.4) is 0 Å². The molecule has 0 bridgehead atoms. The van der Waals surface area contributed by atoms with E-state index in [2.05, 4.69) is 12.2 Å². The Bertz CT molecular complexity index is 916. The minimum absolute atomic E-state index is 0.00317. The molecule has 0 aliphatic carbocycles. The van der Waals surface area contributed by atoms with Gasteiger partial charge in [0.15, 0.2) is 0 Å². The van der Waals surface area contributed by atoms with E-state index in [1.54, 1.807) is 15.9 Å². The fourth-order valence-electron chi connectivity index (χ4n) is 4.30. The fraction of sp³-hybridized carbons (Fsp3) is 0.435. The average Bonchev–Trinajstić information content (AvgIpc) is 3.44. The third-order valence-corrected chi connectivity index (χ3v) is 6.06. The molecule has 3 amide bonds. The van der Waals surface area contributed by atoms with Crippen LogP contribution >= 0.6 is 0 Å². The minimum atomic E-state index is -0.340. The summed E-state index contributed by atoms with van der Waals surface area (Å²) in [5, 5.41) is 3.10. The van der Waals surface area contributed by atoms with Gasteiger partial charge in [0.1, 0.15) is 6.26 Å². The number of nitrogens with zero attached hydrogens (tertiary/aromatic N) is 2. The topological polar surface area (TPSA) is 82.9 Å². The van der Waals surface area contributed by atoms with Crippen LogP contribution in [0.25, 0.3) is 0 Å². The Labute approximate surface area is 176 Å². The van der Waals surface area contributed by atoms with Gasteiger partial charge in [-0.05, 0) is 37.0 Å². The Hall–Kier alpha value is -3.09. The van der Waals surface area contributed by atoms with Gasteiger partial charge in [-0.25, -0.2) is 0 Å². The van der Waals surface area contributed by atoms with Crippen molar-refractivity contribution in [3.05, 3.63) is 54.0 Å². The summed E-state index contributed by atoms with van der Waals surface area (Å²) in [6.07, 6.45) is 5.44. The summed E-state index contributed by atoms with van der Waals surface area (Å²) < 4.78 is 4.98. The molecule has 0 radical (unpaired) electrons. The molecule has 1 atom stereocenters. The lowest BCUT2D eigenvalue weighted by Crippen LogP contribution is -2.48. The Morgan fingerprint density at radius 3 is 2.63 bits per heavy atom. The van der Waals surface area contributed by atoms with Gasteiger partial charge in [0.25, 0.3) is 5.91 Å². The maximum atomic E-state index is 12.8. The van der Waals surface area contributed by atoms with Crippen LogP contribution in [0.2, 0.25) is 0 Å². The van der Waals surface area contributed by atoms with Crippen LogP contribution in [0, 0.1) is 5.92 Å². The van der Waals surface area contributed by atoms with E-state index >= 15 is 0 Å². The standard InChI is InChI=1S/C23H27N3O4/c1-2-16-5-3-4-6-20(16)26-14-18(13-21(26)27)22(28)24-19-7-10-25(11-8-19)23(29)17-9-12-30-15-17/h3-6,9,12,15,18-19H,2,7-8,10-11,13-14H2,1H3,(H,24,28)/t18-/m1/s1. The Morgan fingerprint density at radius 1 is 1.17 bits per heavy atom. The number of carbonyl (C=O) groups excluding carboxylic acids is 3. The fourth-order valence-corrected chi connectivity index (χ4v) is 4.30. The Kier molecular flexibility index (Phi) is 5.88. The molecule has 3 heterocycles. The number of hydrogen-bond donors (Lipinski definition) is 1. The van der Waals surface area contributed by atoms with Crippen molar-refractivity contribution < 1.29 is 18.8 Å². The number of hydrogen-bond acceptors (Lipinski definition) is 4. The van der Waals surface area contributed by atoms with Crippen molar-refractivity contribution in [2.24, 2.45) is 5.92 Å². The van der Waals surface area contributed by atoms with Gasteiger partial charge in [0.2, 0.25) is 11.8 Å². The van der Waals surface area contributed by atoms with Crippen LogP contribution in [-0.4, -0.2) is 48.3 Å². The molecule has 4 rings (SSSR count). The molecular weight excluding hydrogens is 382 g/mol. The summed E-state index contributed by atoms with van der Waals surface area (Å²) in [6.45, 7) is 3.66. The number of nitrogens with one attached hydrogen (secondary N) is 1. The van der Waals surface area contributed by atoms with Crippen molar-refractivity contribution in [1.29, 1.82) is 0 Å². The first-order valence-electron chi connectivity index (χ1n) is 10.6. The molecule has 158 valence electrons. The van der Waals surface area contributed by atoms with Crippen molar-refractivity contribution >= 4 is 23.4 Å². The number of likely N-dealkylation sites (tertiary alicyclic amines) is 1.